The number of hydrogen-bond donors (Lipinski definition) is 1. The van der Waals surface area contributed by atoms with Gasteiger partial charge in [-0.05, 0) is 63.5 Å². The molecule has 1 aromatic carbocycles. The molecule has 1 N–H and O–H groups in total. The molecule has 0 aromatic heterocycles. The van der Waals surface area contributed by atoms with Crippen LogP contribution in [0.1, 0.15) is 43.7 Å². The van der Waals surface area contributed by atoms with Crippen molar-refractivity contribution in [2.24, 2.45) is 0 Å². The van der Waals surface area contributed by atoms with Crippen molar-refractivity contribution in [3.63, 3.8) is 0 Å². The van der Waals surface area contributed by atoms with Crippen LogP contribution < -0.4 is 10.1 Å². The molecule has 2 heterocycles. The van der Waals surface area contributed by atoms with E-state index in [2.05, 4.69) is 41.5 Å². The smallest absolute Gasteiger partial charge is 0.119 e. The lowest BCUT2D eigenvalue weighted by Crippen LogP contribution is -2.30. The molecule has 2 aliphatic rings. The largest absolute Gasteiger partial charge is 0.492 e. The molecule has 20 heavy (non-hydrogen) atoms. The average molecular weight is 274 g/mol. The Bertz CT molecular complexity index is 429. The van der Waals surface area contributed by atoms with E-state index in [1.54, 1.807) is 0 Å². The highest BCUT2D eigenvalue weighted by Gasteiger charge is 2.21. The molecule has 0 aliphatic carbocycles. The van der Waals surface area contributed by atoms with Crippen LogP contribution in [-0.2, 0) is 0 Å². The first kappa shape index (κ1) is 13.9. The van der Waals surface area contributed by atoms with Crippen LogP contribution in [0.15, 0.2) is 24.3 Å². The van der Waals surface area contributed by atoms with Gasteiger partial charge >= 0.3 is 0 Å². The van der Waals surface area contributed by atoms with Crippen LogP contribution in [0.5, 0.6) is 5.75 Å². The predicted octanol–water partition coefficient (Wildman–Crippen LogP) is 2.97. The van der Waals surface area contributed by atoms with Gasteiger partial charge in [-0.1, -0.05) is 18.6 Å². The third-order valence-corrected chi connectivity index (χ3v) is 4.68. The zero-order valence-electron chi connectivity index (χ0n) is 12.5. The van der Waals surface area contributed by atoms with Gasteiger partial charge in [-0.2, -0.15) is 0 Å². The Labute approximate surface area is 122 Å². The topological polar surface area (TPSA) is 24.5 Å². The Morgan fingerprint density at radius 1 is 1.25 bits per heavy atom. The summed E-state index contributed by atoms with van der Waals surface area (Å²) in [6.45, 7) is 3.17. The van der Waals surface area contributed by atoms with E-state index < -0.39 is 0 Å². The second kappa shape index (κ2) is 6.59. The summed E-state index contributed by atoms with van der Waals surface area (Å²) in [5.74, 6) is 1.02. The molecule has 1 unspecified atom stereocenters. The normalized spacial score (nSPS) is 27.6. The monoisotopic (exact) mass is 274 g/mol. The molecule has 0 spiro atoms. The maximum atomic E-state index is 6.02. The first-order valence-electron chi connectivity index (χ1n) is 7.99. The molecule has 2 aliphatic heterocycles. The lowest BCUT2D eigenvalue weighted by Gasteiger charge is -2.24. The van der Waals surface area contributed by atoms with Crippen molar-refractivity contribution >= 4 is 0 Å². The molecule has 2 fully saturated rings. The molecular formula is C17H26N2O. The second-order valence-corrected chi connectivity index (χ2v) is 6.16. The molecule has 110 valence electrons. The van der Waals surface area contributed by atoms with Crippen LogP contribution in [0, 0.1) is 0 Å². The number of ether oxygens (including phenoxy) is 1. The van der Waals surface area contributed by atoms with E-state index in [0.29, 0.717) is 12.1 Å². The summed E-state index contributed by atoms with van der Waals surface area (Å²) in [6, 6.07) is 9.75. The summed E-state index contributed by atoms with van der Waals surface area (Å²) in [6.07, 6.45) is 6.45. The fourth-order valence-electron chi connectivity index (χ4n) is 3.34. The standard InChI is InChI=1S/C17H26N2O/c1-19-11-5-7-15(19)13-20-16-8-4-6-14(12-16)17-9-2-3-10-18-17/h4,6,8,12,15,17-18H,2-3,5,7,9-11,13H2,1H3/t15-,17?/m0/s1. The summed E-state index contributed by atoms with van der Waals surface area (Å²) in [5.41, 5.74) is 1.38. The van der Waals surface area contributed by atoms with Crippen molar-refractivity contribution < 1.29 is 4.74 Å². The van der Waals surface area contributed by atoms with Crippen LogP contribution >= 0.6 is 0 Å². The molecule has 1 aromatic rings. The quantitative estimate of drug-likeness (QED) is 0.913. The molecular weight excluding hydrogens is 248 g/mol. The molecule has 0 saturated carbocycles. The fourth-order valence-corrected chi connectivity index (χ4v) is 3.34. The summed E-state index contributed by atoms with van der Waals surface area (Å²) in [5, 5.41) is 3.60. The van der Waals surface area contributed by atoms with Gasteiger partial charge < -0.3 is 15.0 Å². The number of nitrogens with zero attached hydrogens (tertiary/aromatic N) is 1. The van der Waals surface area contributed by atoms with Crippen molar-refractivity contribution in [1.29, 1.82) is 0 Å². The lowest BCUT2D eigenvalue weighted by atomic mass is 9.97. The number of piperidine rings is 1. The predicted molar refractivity (Wildman–Crippen MR) is 82.2 cm³/mol. The SMILES string of the molecule is CN1CCC[C@H]1COc1cccc(C2CCCCN2)c1. The van der Waals surface area contributed by atoms with E-state index >= 15 is 0 Å². The van der Waals surface area contributed by atoms with Gasteiger partial charge in [0.2, 0.25) is 0 Å². The van der Waals surface area contributed by atoms with E-state index in [1.807, 2.05) is 0 Å². The Morgan fingerprint density at radius 3 is 2.95 bits per heavy atom. The number of hydrogen-bond acceptors (Lipinski definition) is 3. The van der Waals surface area contributed by atoms with Gasteiger partial charge in [0.15, 0.2) is 0 Å². The van der Waals surface area contributed by atoms with Gasteiger partial charge in [-0.15, -0.1) is 0 Å². The molecule has 2 atom stereocenters. The van der Waals surface area contributed by atoms with Crippen LogP contribution in [0.2, 0.25) is 0 Å². The average Bonchev–Trinajstić information content (AvgIpc) is 2.92. The molecule has 0 radical (unpaired) electrons. The molecule has 0 amide bonds. The highest BCUT2D eigenvalue weighted by molar-refractivity contribution is 5.30. The first-order chi connectivity index (χ1) is 9.83. The number of likely N-dealkylation sites (N-methyl/N-ethyl adjacent to an activating group) is 1. The van der Waals surface area contributed by atoms with E-state index in [-0.39, 0.29) is 0 Å². The molecule has 3 heteroatoms. The number of rotatable bonds is 4. The zero-order valence-corrected chi connectivity index (χ0v) is 12.5. The Morgan fingerprint density at radius 2 is 2.20 bits per heavy atom. The number of likely N-dealkylation sites (tertiary alicyclic amines) is 1. The molecule has 2 saturated heterocycles. The maximum Gasteiger partial charge on any atom is 0.119 e. The molecule has 0 bridgehead atoms. The second-order valence-electron chi connectivity index (χ2n) is 6.16. The van der Waals surface area contributed by atoms with Gasteiger partial charge in [0.25, 0.3) is 0 Å². The van der Waals surface area contributed by atoms with E-state index in [4.69, 9.17) is 4.74 Å². The third kappa shape index (κ3) is 3.33. The summed E-state index contributed by atoms with van der Waals surface area (Å²) < 4.78 is 6.02. The van der Waals surface area contributed by atoms with Crippen molar-refractivity contribution in [1.82, 2.24) is 10.2 Å². The van der Waals surface area contributed by atoms with Gasteiger partial charge in [0.1, 0.15) is 12.4 Å². The van der Waals surface area contributed by atoms with Gasteiger partial charge in [-0.25, -0.2) is 0 Å². The highest BCUT2D eigenvalue weighted by atomic mass is 16.5. The van der Waals surface area contributed by atoms with Crippen molar-refractivity contribution in [2.45, 2.75) is 44.2 Å². The van der Waals surface area contributed by atoms with Crippen LogP contribution in [-0.4, -0.2) is 37.7 Å². The summed E-state index contributed by atoms with van der Waals surface area (Å²) >= 11 is 0. The molecule has 3 nitrogen and oxygen atoms in total. The third-order valence-electron chi connectivity index (χ3n) is 4.68. The van der Waals surface area contributed by atoms with E-state index in [0.717, 1.165) is 18.9 Å². The van der Waals surface area contributed by atoms with Crippen LogP contribution in [0.4, 0.5) is 0 Å². The first-order valence-corrected chi connectivity index (χ1v) is 7.99. The van der Waals surface area contributed by atoms with Gasteiger partial charge in [-0.3, -0.25) is 0 Å². The number of benzene rings is 1. The lowest BCUT2D eigenvalue weighted by molar-refractivity contribution is 0.198. The maximum absolute atomic E-state index is 6.02. The fraction of sp³-hybridized carbons (Fsp3) is 0.647. The van der Waals surface area contributed by atoms with Crippen LogP contribution in [0.3, 0.4) is 0 Å². The Balaban J connectivity index is 1.59. The van der Waals surface area contributed by atoms with Crippen molar-refractivity contribution in [3.8, 4) is 5.75 Å². The summed E-state index contributed by atoms with van der Waals surface area (Å²) in [7, 11) is 2.20. The van der Waals surface area contributed by atoms with Crippen molar-refractivity contribution in [3.05, 3.63) is 29.8 Å². The minimum absolute atomic E-state index is 0.515. The highest BCUT2D eigenvalue weighted by Crippen LogP contribution is 2.26. The van der Waals surface area contributed by atoms with E-state index in [1.165, 1.54) is 44.2 Å². The minimum Gasteiger partial charge on any atom is -0.492 e. The van der Waals surface area contributed by atoms with E-state index in [9.17, 15) is 0 Å². The minimum atomic E-state index is 0.515. The zero-order chi connectivity index (χ0) is 13.8. The Hall–Kier alpha value is -1.06. The Kier molecular flexibility index (Phi) is 4.58. The van der Waals surface area contributed by atoms with Gasteiger partial charge in [0.05, 0.1) is 0 Å². The molecule has 3 rings (SSSR count). The van der Waals surface area contributed by atoms with Gasteiger partial charge in [0, 0.05) is 12.1 Å². The van der Waals surface area contributed by atoms with Crippen LogP contribution in [0.25, 0.3) is 0 Å². The number of nitrogens with one attached hydrogen (secondary N) is 1. The summed E-state index contributed by atoms with van der Waals surface area (Å²) in [4.78, 5) is 2.41. The van der Waals surface area contributed by atoms with Crippen molar-refractivity contribution in [2.75, 3.05) is 26.7 Å².